The lowest BCUT2D eigenvalue weighted by molar-refractivity contribution is 0.174. The second-order valence-electron chi connectivity index (χ2n) is 5.01. The molecule has 0 atom stereocenters. The minimum atomic E-state index is 0.264. The molecular weight excluding hydrogens is 260 g/mol. The van der Waals surface area contributed by atoms with Gasteiger partial charge in [0.25, 0.3) is 0 Å². The minimum absolute atomic E-state index is 0.264. The lowest BCUT2D eigenvalue weighted by atomic mass is 9.91. The Morgan fingerprint density at radius 2 is 1.68 bits per heavy atom. The van der Waals surface area contributed by atoms with Crippen molar-refractivity contribution in [1.29, 1.82) is 0 Å². The predicted molar refractivity (Wildman–Crippen MR) is 80.9 cm³/mol. The van der Waals surface area contributed by atoms with Gasteiger partial charge in [-0.1, -0.05) is 33.2 Å². The Balaban J connectivity index is 0.000000224. The average molecular weight is 282 g/mol. The molecule has 5 heteroatoms. The summed E-state index contributed by atoms with van der Waals surface area (Å²) in [6.45, 7) is 8.88. The Labute approximate surface area is 122 Å². The van der Waals surface area contributed by atoms with Crippen LogP contribution >= 0.6 is 11.6 Å². The number of hydrogen-bond donors (Lipinski definition) is 1. The fourth-order valence-corrected chi connectivity index (χ4v) is 2.01. The van der Waals surface area contributed by atoms with Crippen molar-refractivity contribution in [3.63, 3.8) is 0 Å². The third kappa shape index (κ3) is 5.33. The summed E-state index contributed by atoms with van der Waals surface area (Å²) in [5, 5.41) is 3.31. The van der Waals surface area contributed by atoms with Gasteiger partial charge in [0.2, 0.25) is 6.79 Å². The van der Waals surface area contributed by atoms with Gasteiger partial charge in [-0.15, -0.1) is 11.6 Å². The largest absolute Gasteiger partial charge is 0.454 e. The second kappa shape index (κ2) is 7.66. The van der Waals surface area contributed by atoms with E-state index in [9.17, 15) is 0 Å². The first-order chi connectivity index (χ1) is 8.93. The molecular formula is C14H21BClNO2. The Hall–Kier alpha value is -0.865. The van der Waals surface area contributed by atoms with Gasteiger partial charge in [-0.2, -0.15) is 0 Å². The van der Waals surface area contributed by atoms with Gasteiger partial charge in [-0.3, -0.25) is 0 Å². The molecule has 0 bridgehead atoms. The zero-order chi connectivity index (χ0) is 14.4. The van der Waals surface area contributed by atoms with Gasteiger partial charge in [-0.25, -0.2) is 0 Å². The molecule has 1 aliphatic rings. The monoisotopic (exact) mass is 281 g/mol. The Morgan fingerprint density at radius 1 is 1.16 bits per heavy atom. The van der Waals surface area contributed by atoms with Crippen molar-refractivity contribution in [2.45, 2.75) is 45.7 Å². The molecule has 1 N–H and O–H groups in total. The van der Waals surface area contributed by atoms with Crippen LogP contribution in [0.3, 0.4) is 0 Å². The summed E-state index contributed by atoms with van der Waals surface area (Å²) < 4.78 is 10.3. The summed E-state index contributed by atoms with van der Waals surface area (Å²) in [7, 11) is 5.68. The van der Waals surface area contributed by atoms with E-state index in [-0.39, 0.29) is 6.79 Å². The molecule has 0 unspecified atom stereocenters. The molecule has 0 saturated carbocycles. The topological polar surface area (TPSA) is 30.5 Å². The SMILES string of the molecule is CC(C)NC(C)C.[B]c1cc2c(cc1CCl)OCO2. The number of halogens is 1. The number of hydrogen-bond acceptors (Lipinski definition) is 3. The van der Waals surface area contributed by atoms with Gasteiger partial charge >= 0.3 is 0 Å². The maximum Gasteiger partial charge on any atom is 0.231 e. The van der Waals surface area contributed by atoms with Gasteiger partial charge in [0.1, 0.15) is 7.85 Å². The molecule has 19 heavy (non-hydrogen) atoms. The molecule has 2 radical (unpaired) electrons. The van der Waals surface area contributed by atoms with E-state index in [1.54, 1.807) is 6.07 Å². The smallest absolute Gasteiger partial charge is 0.231 e. The summed E-state index contributed by atoms with van der Waals surface area (Å²) in [6.07, 6.45) is 0. The minimum Gasteiger partial charge on any atom is -0.454 e. The normalized spacial score (nSPS) is 12.6. The number of rotatable bonds is 3. The predicted octanol–water partition coefficient (Wildman–Crippen LogP) is 2.34. The molecule has 0 saturated heterocycles. The standard InChI is InChI=1S/C8H6BClO2.C6H15N/c9-6-2-8-7(11-4-12-8)1-5(6)3-10;1-5(2)7-6(3)4/h1-2H,3-4H2;5-7H,1-4H3. The number of fused-ring (bicyclic) bond motifs is 1. The molecule has 1 aliphatic heterocycles. The van der Waals surface area contributed by atoms with E-state index in [1.165, 1.54) is 0 Å². The van der Waals surface area contributed by atoms with Crippen molar-refractivity contribution in [1.82, 2.24) is 5.32 Å². The zero-order valence-corrected chi connectivity index (χ0v) is 12.8. The van der Waals surface area contributed by atoms with Crippen molar-refractivity contribution in [3.8, 4) is 11.5 Å². The number of ether oxygens (including phenoxy) is 2. The lowest BCUT2D eigenvalue weighted by Crippen LogP contribution is -2.29. The molecule has 0 fully saturated rings. The first kappa shape index (κ1) is 16.2. The third-order valence-corrected chi connectivity index (χ3v) is 2.73. The van der Waals surface area contributed by atoms with Crippen LogP contribution < -0.4 is 20.3 Å². The quantitative estimate of drug-likeness (QED) is 0.681. The average Bonchev–Trinajstić information content (AvgIpc) is 2.73. The van der Waals surface area contributed by atoms with E-state index < -0.39 is 0 Å². The summed E-state index contributed by atoms with van der Waals surface area (Å²) in [4.78, 5) is 0. The first-order valence-corrected chi connectivity index (χ1v) is 6.97. The zero-order valence-electron chi connectivity index (χ0n) is 12.0. The van der Waals surface area contributed by atoms with Crippen molar-refractivity contribution in [2.24, 2.45) is 0 Å². The van der Waals surface area contributed by atoms with Gasteiger partial charge in [0, 0.05) is 18.0 Å². The fraction of sp³-hybridized carbons (Fsp3) is 0.571. The van der Waals surface area contributed by atoms with Crippen LogP contribution in [0.1, 0.15) is 33.3 Å². The van der Waals surface area contributed by atoms with Crippen molar-refractivity contribution in [2.75, 3.05) is 6.79 Å². The van der Waals surface area contributed by atoms with Crippen LogP contribution in [-0.2, 0) is 5.88 Å². The summed E-state index contributed by atoms with van der Waals surface area (Å²) >= 11 is 5.66. The fourth-order valence-electron chi connectivity index (χ4n) is 1.78. The summed E-state index contributed by atoms with van der Waals surface area (Å²) in [5.74, 6) is 1.81. The highest BCUT2D eigenvalue weighted by molar-refractivity contribution is 6.34. The van der Waals surface area contributed by atoms with E-state index in [0.717, 1.165) is 11.3 Å². The van der Waals surface area contributed by atoms with Crippen LogP contribution in [0.4, 0.5) is 0 Å². The second-order valence-corrected chi connectivity index (χ2v) is 5.28. The maximum absolute atomic E-state index is 5.68. The molecule has 2 rings (SSSR count). The van der Waals surface area contributed by atoms with Crippen LogP contribution in [0.25, 0.3) is 0 Å². The van der Waals surface area contributed by atoms with E-state index in [2.05, 4.69) is 33.0 Å². The molecule has 1 aromatic rings. The Kier molecular flexibility index (Phi) is 6.53. The highest BCUT2D eigenvalue weighted by Gasteiger charge is 2.14. The molecule has 0 amide bonds. The molecule has 1 heterocycles. The van der Waals surface area contributed by atoms with E-state index in [4.69, 9.17) is 28.9 Å². The molecule has 0 aromatic heterocycles. The van der Waals surface area contributed by atoms with Gasteiger partial charge in [0.15, 0.2) is 11.5 Å². The van der Waals surface area contributed by atoms with Crippen LogP contribution in [0, 0.1) is 0 Å². The molecule has 0 spiro atoms. The Bertz CT molecular complexity index is 404. The summed E-state index contributed by atoms with van der Waals surface area (Å²) in [6, 6.07) is 4.80. The number of benzene rings is 1. The van der Waals surface area contributed by atoms with E-state index in [0.29, 0.717) is 29.2 Å². The third-order valence-electron chi connectivity index (χ3n) is 2.45. The lowest BCUT2D eigenvalue weighted by Gasteiger charge is -2.10. The Morgan fingerprint density at radius 3 is 2.11 bits per heavy atom. The highest BCUT2D eigenvalue weighted by atomic mass is 35.5. The van der Waals surface area contributed by atoms with Crippen LogP contribution in [0.5, 0.6) is 11.5 Å². The maximum atomic E-state index is 5.68. The molecule has 3 nitrogen and oxygen atoms in total. The molecule has 0 aliphatic carbocycles. The van der Waals surface area contributed by atoms with Crippen molar-refractivity contribution in [3.05, 3.63) is 17.7 Å². The van der Waals surface area contributed by atoms with E-state index in [1.807, 2.05) is 6.07 Å². The highest BCUT2D eigenvalue weighted by Crippen LogP contribution is 2.31. The van der Waals surface area contributed by atoms with E-state index >= 15 is 0 Å². The molecule has 1 aromatic carbocycles. The van der Waals surface area contributed by atoms with Crippen LogP contribution in [0.15, 0.2) is 12.1 Å². The van der Waals surface area contributed by atoms with Crippen LogP contribution in [0.2, 0.25) is 0 Å². The van der Waals surface area contributed by atoms with Crippen molar-refractivity contribution < 1.29 is 9.47 Å². The first-order valence-electron chi connectivity index (χ1n) is 6.44. The number of nitrogens with one attached hydrogen (secondary N) is 1. The molecule has 104 valence electrons. The van der Waals surface area contributed by atoms with Gasteiger partial charge in [0.05, 0.1) is 0 Å². The van der Waals surface area contributed by atoms with Crippen LogP contribution in [-0.4, -0.2) is 26.7 Å². The van der Waals surface area contributed by atoms with Gasteiger partial charge < -0.3 is 14.8 Å². The number of alkyl halides is 1. The van der Waals surface area contributed by atoms with Gasteiger partial charge in [-0.05, 0) is 17.7 Å². The van der Waals surface area contributed by atoms with Crippen molar-refractivity contribution >= 4 is 24.9 Å². The summed E-state index contributed by atoms with van der Waals surface area (Å²) in [5.41, 5.74) is 1.52.